The van der Waals surface area contributed by atoms with Crippen LogP contribution in [0.4, 0.5) is 4.39 Å². The quantitative estimate of drug-likeness (QED) is 0.757. The summed E-state index contributed by atoms with van der Waals surface area (Å²) >= 11 is 0. The van der Waals surface area contributed by atoms with Gasteiger partial charge in [-0.05, 0) is 24.8 Å². The van der Waals surface area contributed by atoms with Crippen molar-refractivity contribution < 1.29 is 19.1 Å². The SMILES string of the molecule is O=C(O)CN(CC(=O)NCc1ccccc1F)CC1CC1. The second-order valence-electron chi connectivity index (χ2n) is 5.37. The van der Waals surface area contributed by atoms with E-state index in [9.17, 15) is 14.0 Å². The molecule has 5 nitrogen and oxygen atoms in total. The van der Waals surface area contributed by atoms with Gasteiger partial charge in [0.2, 0.25) is 5.91 Å². The molecule has 0 radical (unpaired) electrons. The average molecular weight is 294 g/mol. The van der Waals surface area contributed by atoms with E-state index in [-0.39, 0.29) is 31.4 Å². The standard InChI is InChI=1S/C15H19FN2O3/c16-13-4-2-1-3-12(13)7-17-14(19)9-18(10-15(20)21)8-11-5-6-11/h1-4,11H,5-10H2,(H,17,19)(H,20,21). The van der Waals surface area contributed by atoms with Crippen molar-refractivity contribution in [3.05, 3.63) is 35.6 Å². The number of nitrogens with one attached hydrogen (secondary N) is 1. The molecule has 1 saturated carbocycles. The highest BCUT2D eigenvalue weighted by molar-refractivity contribution is 5.79. The Balaban J connectivity index is 1.81. The molecule has 21 heavy (non-hydrogen) atoms. The summed E-state index contributed by atoms with van der Waals surface area (Å²) in [4.78, 5) is 24.3. The normalized spacial score (nSPS) is 14.2. The summed E-state index contributed by atoms with van der Waals surface area (Å²) in [6.45, 7) is 0.607. The first-order chi connectivity index (χ1) is 10.0. The van der Waals surface area contributed by atoms with Crippen molar-refractivity contribution >= 4 is 11.9 Å². The molecule has 0 bridgehead atoms. The molecule has 1 aromatic carbocycles. The fourth-order valence-electron chi connectivity index (χ4n) is 2.14. The van der Waals surface area contributed by atoms with Gasteiger partial charge in [0.25, 0.3) is 0 Å². The van der Waals surface area contributed by atoms with Crippen LogP contribution >= 0.6 is 0 Å². The summed E-state index contributed by atoms with van der Waals surface area (Å²) < 4.78 is 13.4. The smallest absolute Gasteiger partial charge is 0.317 e. The Morgan fingerprint density at radius 3 is 2.62 bits per heavy atom. The number of aliphatic carboxylic acids is 1. The predicted octanol–water partition coefficient (Wildman–Crippen LogP) is 1.24. The maximum absolute atomic E-state index is 13.4. The van der Waals surface area contributed by atoms with Crippen LogP contribution in [-0.4, -0.2) is 41.5 Å². The highest BCUT2D eigenvalue weighted by atomic mass is 19.1. The molecular formula is C15H19FN2O3. The summed E-state index contributed by atoms with van der Waals surface area (Å²) in [5.74, 6) is -1.10. The summed E-state index contributed by atoms with van der Waals surface area (Å²) in [6, 6.07) is 6.24. The first-order valence-corrected chi connectivity index (χ1v) is 6.99. The Hall–Kier alpha value is -1.95. The number of benzene rings is 1. The maximum atomic E-state index is 13.4. The first kappa shape index (κ1) is 15.4. The number of hydrogen-bond acceptors (Lipinski definition) is 3. The van der Waals surface area contributed by atoms with E-state index in [0.29, 0.717) is 18.0 Å². The fourth-order valence-corrected chi connectivity index (χ4v) is 2.14. The van der Waals surface area contributed by atoms with Gasteiger partial charge in [-0.2, -0.15) is 0 Å². The summed E-state index contributed by atoms with van der Waals surface area (Å²) in [5, 5.41) is 11.5. The van der Waals surface area contributed by atoms with Gasteiger partial charge in [0.05, 0.1) is 13.1 Å². The number of carboxylic acids is 1. The van der Waals surface area contributed by atoms with Crippen LogP contribution in [0.5, 0.6) is 0 Å². The number of amides is 1. The lowest BCUT2D eigenvalue weighted by Crippen LogP contribution is -2.40. The second-order valence-corrected chi connectivity index (χ2v) is 5.37. The van der Waals surface area contributed by atoms with Crippen molar-refractivity contribution in [1.29, 1.82) is 0 Å². The van der Waals surface area contributed by atoms with Crippen LogP contribution in [0.3, 0.4) is 0 Å². The molecule has 1 amide bonds. The zero-order valence-electron chi connectivity index (χ0n) is 11.7. The van der Waals surface area contributed by atoms with Gasteiger partial charge in [0, 0.05) is 18.7 Å². The molecule has 0 unspecified atom stereocenters. The molecule has 0 saturated heterocycles. The van der Waals surface area contributed by atoms with Crippen LogP contribution in [0.2, 0.25) is 0 Å². The number of halogens is 1. The highest BCUT2D eigenvalue weighted by Gasteiger charge is 2.26. The summed E-state index contributed by atoms with van der Waals surface area (Å²) in [5.41, 5.74) is 0.415. The molecule has 114 valence electrons. The maximum Gasteiger partial charge on any atom is 0.317 e. The van der Waals surface area contributed by atoms with Crippen LogP contribution in [0.25, 0.3) is 0 Å². The Bertz CT molecular complexity index is 517. The topological polar surface area (TPSA) is 69.6 Å². The van der Waals surface area contributed by atoms with Gasteiger partial charge in [0.15, 0.2) is 0 Å². The van der Waals surface area contributed by atoms with E-state index in [1.54, 1.807) is 23.1 Å². The summed E-state index contributed by atoms with van der Waals surface area (Å²) in [6.07, 6.45) is 2.18. The van der Waals surface area contributed by atoms with Crippen molar-refractivity contribution in [1.82, 2.24) is 10.2 Å². The van der Waals surface area contributed by atoms with Crippen LogP contribution in [0, 0.1) is 11.7 Å². The lowest BCUT2D eigenvalue weighted by molar-refractivity contribution is -0.138. The van der Waals surface area contributed by atoms with Crippen LogP contribution in [0.15, 0.2) is 24.3 Å². The molecular weight excluding hydrogens is 275 g/mol. The molecule has 1 aromatic rings. The van der Waals surface area contributed by atoms with Crippen molar-refractivity contribution in [2.24, 2.45) is 5.92 Å². The van der Waals surface area contributed by atoms with Gasteiger partial charge >= 0.3 is 5.97 Å². The van der Waals surface area contributed by atoms with Gasteiger partial charge in [-0.3, -0.25) is 14.5 Å². The number of hydrogen-bond donors (Lipinski definition) is 2. The Labute approximate surface area is 122 Å². The molecule has 1 aliphatic rings. The minimum absolute atomic E-state index is 0.0251. The molecule has 0 aliphatic heterocycles. The molecule has 1 fully saturated rings. The Morgan fingerprint density at radius 2 is 2.00 bits per heavy atom. The van der Waals surface area contributed by atoms with Crippen molar-refractivity contribution in [3.63, 3.8) is 0 Å². The molecule has 0 heterocycles. The third-order valence-electron chi connectivity index (χ3n) is 3.37. The molecule has 2 N–H and O–H groups in total. The Kier molecular flexibility index (Phi) is 5.27. The van der Waals surface area contributed by atoms with Crippen LogP contribution < -0.4 is 5.32 Å². The van der Waals surface area contributed by atoms with Gasteiger partial charge in [-0.1, -0.05) is 18.2 Å². The summed E-state index contributed by atoms with van der Waals surface area (Å²) in [7, 11) is 0. The monoisotopic (exact) mass is 294 g/mol. The van der Waals surface area contributed by atoms with Crippen LogP contribution in [0.1, 0.15) is 18.4 Å². The number of nitrogens with zero attached hydrogens (tertiary/aromatic N) is 1. The third kappa shape index (κ3) is 5.51. The molecule has 6 heteroatoms. The predicted molar refractivity (Wildman–Crippen MR) is 75.0 cm³/mol. The molecule has 2 rings (SSSR count). The van der Waals surface area contributed by atoms with E-state index in [1.165, 1.54) is 6.07 Å². The van der Waals surface area contributed by atoms with Crippen molar-refractivity contribution in [2.75, 3.05) is 19.6 Å². The Morgan fingerprint density at radius 1 is 1.29 bits per heavy atom. The number of carbonyl (C=O) groups is 2. The van der Waals surface area contributed by atoms with Gasteiger partial charge in [-0.15, -0.1) is 0 Å². The van der Waals surface area contributed by atoms with Gasteiger partial charge < -0.3 is 10.4 Å². The minimum Gasteiger partial charge on any atom is -0.480 e. The molecule has 0 aromatic heterocycles. The lowest BCUT2D eigenvalue weighted by Gasteiger charge is -2.19. The second kappa shape index (κ2) is 7.17. The van der Waals surface area contributed by atoms with E-state index < -0.39 is 5.97 Å². The lowest BCUT2D eigenvalue weighted by atomic mass is 10.2. The third-order valence-corrected chi connectivity index (χ3v) is 3.37. The largest absolute Gasteiger partial charge is 0.480 e. The highest BCUT2D eigenvalue weighted by Crippen LogP contribution is 2.29. The van der Waals surface area contributed by atoms with E-state index in [4.69, 9.17) is 5.11 Å². The zero-order chi connectivity index (χ0) is 15.2. The van der Waals surface area contributed by atoms with Crippen molar-refractivity contribution in [3.8, 4) is 0 Å². The van der Waals surface area contributed by atoms with Crippen molar-refractivity contribution in [2.45, 2.75) is 19.4 Å². The first-order valence-electron chi connectivity index (χ1n) is 6.99. The van der Waals surface area contributed by atoms with E-state index in [0.717, 1.165) is 12.8 Å². The van der Waals surface area contributed by atoms with Gasteiger partial charge in [-0.25, -0.2) is 4.39 Å². The number of rotatable bonds is 8. The minimum atomic E-state index is -0.947. The molecule has 0 atom stereocenters. The fraction of sp³-hybridized carbons (Fsp3) is 0.467. The average Bonchev–Trinajstić information content (AvgIpc) is 3.21. The number of carboxylic acid groups (broad SMARTS) is 1. The zero-order valence-corrected chi connectivity index (χ0v) is 11.7. The van der Waals surface area contributed by atoms with Crippen LogP contribution in [-0.2, 0) is 16.1 Å². The number of carbonyl (C=O) groups excluding carboxylic acids is 1. The van der Waals surface area contributed by atoms with Gasteiger partial charge in [0.1, 0.15) is 5.82 Å². The molecule has 1 aliphatic carbocycles. The van der Waals surface area contributed by atoms with E-state index >= 15 is 0 Å². The molecule has 0 spiro atoms. The van der Waals surface area contributed by atoms with E-state index in [2.05, 4.69) is 5.32 Å². The van der Waals surface area contributed by atoms with E-state index in [1.807, 2.05) is 0 Å².